The number of aromatic hydroxyl groups is 1. The molecular weight excluding hydrogens is 554 g/mol. The van der Waals surface area contributed by atoms with Crippen molar-refractivity contribution in [1.82, 2.24) is 0 Å². The zero-order valence-electron chi connectivity index (χ0n) is 18.7. The van der Waals surface area contributed by atoms with E-state index in [0.717, 1.165) is 18.2 Å². The predicted octanol–water partition coefficient (Wildman–Crippen LogP) is 2.07. The SMILES string of the molecule is CC(=O)Nc1ccc2cc(S(=O)(=O)[O-])c(N=Nc3ccc(S(=O)(=O)CCOS(=O)(=O)[O-])cc3)c(O)c2c1. The van der Waals surface area contributed by atoms with Crippen LogP contribution in [0.25, 0.3) is 10.8 Å². The Morgan fingerprint density at radius 1 is 0.973 bits per heavy atom. The molecule has 37 heavy (non-hydrogen) atoms. The molecule has 0 saturated heterocycles. The Labute approximate surface area is 211 Å². The Morgan fingerprint density at radius 2 is 1.62 bits per heavy atom. The molecule has 0 atom stereocenters. The molecule has 0 aliphatic carbocycles. The summed E-state index contributed by atoms with van der Waals surface area (Å²) in [7, 11) is -14.2. The molecule has 3 aromatic rings. The van der Waals surface area contributed by atoms with Crippen LogP contribution in [0.1, 0.15) is 6.92 Å². The summed E-state index contributed by atoms with van der Waals surface area (Å²) in [5.41, 5.74) is -0.390. The summed E-state index contributed by atoms with van der Waals surface area (Å²) in [6.07, 6.45) is 0. The number of hydrogen-bond acceptors (Lipinski definition) is 13. The van der Waals surface area contributed by atoms with E-state index in [1.165, 1.54) is 37.3 Å². The van der Waals surface area contributed by atoms with Gasteiger partial charge in [-0.05, 0) is 47.9 Å². The van der Waals surface area contributed by atoms with E-state index >= 15 is 0 Å². The second-order valence-electron chi connectivity index (χ2n) is 7.39. The zero-order valence-corrected chi connectivity index (χ0v) is 21.1. The van der Waals surface area contributed by atoms with E-state index in [2.05, 4.69) is 19.7 Å². The molecule has 1 amide bonds. The molecule has 14 nitrogen and oxygen atoms in total. The third kappa shape index (κ3) is 7.28. The van der Waals surface area contributed by atoms with Crippen LogP contribution in [-0.2, 0) is 39.3 Å². The normalized spacial score (nSPS) is 12.7. The molecule has 2 N–H and O–H groups in total. The minimum atomic E-state index is -5.12. The van der Waals surface area contributed by atoms with Gasteiger partial charge in [-0.25, -0.2) is 25.3 Å². The fourth-order valence-corrected chi connectivity index (χ4v) is 5.23. The maximum absolute atomic E-state index is 12.2. The van der Waals surface area contributed by atoms with Crippen molar-refractivity contribution in [3.63, 3.8) is 0 Å². The molecule has 0 aliphatic rings. The molecule has 198 valence electrons. The second kappa shape index (κ2) is 10.5. The van der Waals surface area contributed by atoms with Gasteiger partial charge >= 0.3 is 0 Å². The quantitative estimate of drug-likeness (QED) is 0.214. The average Bonchev–Trinajstić information content (AvgIpc) is 2.77. The second-order valence-corrected chi connectivity index (χ2v) is 11.9. The number of phenols is 1. The first-order valence-electron chi connectivity index (χ1n) is 9.95. The van der Waals surface area contributed by atoms with Crippen LogP contribution in [-0.4, -0.2) is 57.7 Å². The summed E-state index contributed by atoms with van der Waals surface area (Å²) in [5.74, 6) is -1.90. The van der Waals surface area contributed by atoms with Crippen LogP contribution in [0, 0.1) is 0 Å². The first-order chi connectivity index (χ1) is 17.1. The van der Waals surface area contributed by atoms with Crippen molar-refractivity contribution in [3.05, 3.63) is 48.5 Å². The fraction of sp³-hybridized carbons (Fsp3) is 0.150. The summed E-state index contributed by atoms with van der Waals surface area (Å²) in [6.45, 7) is 0.380. The molecular formula is C20H17N3O11S3-2. The van der Waals surface area contributed by atoms with Gasteiger partial charge in [-0.1, -0.05) is 6.07 Å². The molecule has 17 heteroatoms. The zero-order chi connectivity index (χ0) is 27.6. The van der Waals surface area contributed by atoms with Gasteiger partial charge in [0, 0.05) is 18.0 Å². The lowest BCUT2D eigenvalue weighted by molar-refractivity contribution is -0.114. The third-order valence-corrected chi connectivity index (χ3v) is 7.68. The van der Waals surface area contributed by atoms with E-state index in [1.54, 1.807) is 0 Å². The van der Waals surface area contributed by atoms with Gasteiger partial charge in [-0.3, -0.25) is 8.98 Å². The molecule has 0 spiro atoms. The van der Waals surface area contributed by atoms with Crippen molar-refractivity contribution in [2.75, 3.05) is 17.7 Å². The van der Waals surface area contributed by atoms with Crippen LogP contribution >= 0.6 is 0 Å². The van der Waals surface area contributed by atoms with Crippen LogP contribution in [0.15, 0.2) is 68.6 Å². The predicted molar refractivity (Wildman–Crippen MR) is 126 cm³/mol. The van der Waals surface area contributed by atoms with Crippen molar-refractivity contribution < 1.29 is 48.4 Å². The average molecular weight is 572 g/mol. The summed E-state index contributed by atoms with van der Waals surface area (Å²) in [6, 6.07) is 9.65. The molecule has 0 fully saturated rings. The van der Waals surface area contributed by atoms with E-state index < -0.39 is 65.0 Å². The van der Waals surface area contributed by atoms with Gasteiger partial charge < -0.3 is 19.5 Å². The van der Waals surface area contributed by atoms with Crippen molar-refractivity contribution >= 4 is 64.1 Å². The van der Waals surface area contributed by atoms with Crippen LogP contribution in [0.5, 0.6) is 5.75 Å². The number of fused-ring (bicyclic) bond motifs is 1. The topological polar surface area (TPSA) is 232 Å². The largest absolute Gasteiger partial charge is 0.744 e. The van der Waals surface area contributed by atoms with E-state index in [1.807, 2.05) is 0 Å². The lowest BCUT2D eigenvalue weighted by atomic mass is 10.1. The highest BCUT2D eigenvalue weighted by atomic mass is 32.3. The molecule has 0 heterocycles. The summed E-state index contributed by atoms with van der Waals surface area (Å²) in [4.78, 5) is 10.2. The number of benzene rings is 3. The minimum Gasteiger partial charge on any atom is -0.744 e. The van der Waals surface area contributed by atoms with Crippen molar-refractivity contribution in [3.8, 4) is 5.75 Å². The molecule has 0 aliphatic heterocycles. The Kier molecular flexibility index (Phi) is 7.96. The smallest absolute Gasteiger partial charge is 0.221 e. The number of amides is 1. The maximum atomic E-state index is 12.2. The van der Waals surface area contributed by atoms with Gasteiger partial charge in [-0.2, -0.15) is 5.11 Å². The fourth-order valence-electron chi connectivity index (χ4n) is 3.10. The number of rotatable bonds is 9. The van der Waals surface area contributed by atoms with Crippen LogP contribution in [0.4, 0.5) is 17.1 Å². The summed E-state index contributed by atoms with van der Waals surface area (Å²) >= 11 is 0. The van der Waals surface area contributed by atoms with Crippen LogP contribution < -0.4 is 5.32 Å². The Bertz CT molecular complexity index is 1720. The number of anilines is 1. The standard InChI is InChI=1S/C20H19N3O11S3/c1-12(24)21-15-3-2-13-10-18(36(28,29)30)19(20(25)17(13)11-15)23-22-14-4-6-16(7-5-14)35(26,27)9-8-34-37(31,32)33/h2-7,10-11,25H,8-9H2,1H3,(H,21,24)(H,28,29,30)(H,31,32,33)/p-2. The first kappa shape index (κ1) is 28.1. The molecule has 0 aromatic heterocycles. The number of nitrogens with one attached hydrogen (secondary N) is 1. The molecule has 0 unspecified atom stereocenters. The monoisotopic (exact) mass is 571 g/mol. The summed E-state index contributed by atoms with van der Waals surface area (Å²) < 4.78 is 95.1. The van der Waals surface area contributed by atoms with Crippen LogP contribution in [0.2, 0.25) is 0 Å². The van der Waals surface area contributed by atoms with Gasteiger partial charge in [0.15, 0.2) is 15.6 Å². The number of nitrogens with zero attached hydrogens (tertiary/aromatic N) is 2. The number of phenolic OH excluding ortho intramolecular Hbond substituents is 1. The summed E-state index contributed by atoms with van der Waals surface area (Å²) in [5, 5.41) is 20.9. The number of azo groups is 1. The minimum absolute atomic E-state index is 0.00178. The van der Waals surface area contributed by atoms with E-state index in [0.29, 0.717) is 0 Å². The molecule has 0 radical (unpaired) electrons. The van der Waals surface area contributed by atoms with Crippen LogP contribution in [0.3, 0.4) is 0 Å². The number of hydrogen-bond donors (Lipinski definition) is 2. The van der Waals surface area contributed by atoms with Gasteiger partial charge in [0.2, 0.25) is 16.3 Å². The van der Waals surface area contributed by atoms with E-state index in [9.17, 15) is 44.3 Å². The molecule has 3 rings (SSSR count). The maximum Gasteiger partial charge on any atom is 0.221 e. The first-order valence-corrected chi connectivity index (χ1v) is 14.3. The molecule has 0 saturated carbocycles. The number of sulfone groups is 1. The third-order valence-electron chi connectivity index (χ3n) is 4.68. The highest BCUT2D eigenvalue weighted by Crippen LogP contribution is 2.42. The number of carbonyl (C=O) groups excluding carboxylic acids is 1. The highest BCUT2D eigenvalue weighted by molar-refractivity contribution is 7.91. The lowest BCUT2D eigenvalue weighted by Crippen LogP contribution is -2.15. The van der Waals surface area contributed by atoms with E-state index in [-0.39, 0.29) is 27.0 Å². The number of carbonyl (C=O) groups is 1. The van der Waals surface area contributed by atoms with Crippen molar-refractivity contribution in [2.45, 2.75) is 16.7 Å². The van der Waals surface area contributed by atoms with Gasteiger partial charge in [0.1, 0.15) is 15.8 Å². The Hall–Kier alpha value is -3.48. The Balaban J connectivity index is 1.96. The Morgan fingerprint density at radius 3 is 2.19 bits per heavy atom. The lowest BCUT2D eigenvalue weighted by Gasteiger charge is -2.14. The van der Waals surface area contributed by atoms with Gasteiger partial charge in [-0.15, -0.1) is 5.11 Å². The highest BCUT2D eigenvalue weighted by Gasteiger charge is 2.19. The van der Waals surface area contributed by atoms with E-state index in [4.69, 9.17) is 0 Å². The molecule has 0 bridgehead atoms. The van der Waals surface area contributed by atoms with Crippen molar-refractivity contribution in [2.24, 2.45) is 10.2 Å². The van der Waals surface area contributed by atoms with Gasteiger partial charge in [0.25, 0.3) is 0 Å². The van der Waals surface area contributed by atoms with Crippen molar-refractivity contribution in [1.29, 1.82) is 0 Å². The van der Waals surface area contributed by atoms with Gasteiger partial charge in [0.05, 0.1) is 27.8 Å². The molecule has 3 aromatic carbocycles.